The molecule has 2 rings (SSSR count). The van der Waals surface area contributed by atoms with Crippen LogP contribution in [0.5, 0.6) is 0 Å². The maximum atomic E-state index is 6.25. The first kappa shape index (κ1) is 15.8. The van der Waals surface area contributed by atoms with Gasteiger partial charge in [-0.15, -0.1) is 0 Å². The molecule has 1 aliphatic heterocycles. The van der Waals surface area contributed by atoms with Gasteiger partial charge in [-0.05, 0) is 44.9 Å². The summed E-state index contributed by atoms with van der Waals surface area (Å²) in [5.74, 6) is 0. The number of hydrogen-bond donors (Lipinski definition) is 1. The lowest BCUT2D eigenvalue weighted by Crippen LogP contribution is -2.53. The van der Waals surface area contributed by atoms with Gasteiger partial charge < -0.3 is 10.5 Å². The predicted molar refractivity (Wildman–Crippen MR) is 84.2 cm³/mol. The Labute approximate surface area is 127 Å². The van der Waals surface area contributed by atoms with Gasteiger partial charge in [0.1, 0.15) is 0 Å². The highest BCUT2D eigenvalue weighted by Crippen LogP contribution is 2.30. The maximum Gasteiger partial charge on any atom is 0.0757 e. The number of hydrogen-bond acceptors (Lipinski definition) is 3. The van der Waals surface area contributed by atoms with E-state index in [0.717, 1.165) is 23.7 Å². The second-order valence-electron chi connectivity index (χ2n) is 6.38. The Morgan fingerprint density at radius 3 is 2.75 bits per heavy atom. The van der Waals surface area contributed by atoms with E-state index in [0.29, 0.717) is 6.54 Å². The van der Waals surface area contributed by atoms with Crippen molar-refractivity contribution in [2.24, 2.45) is 5.73 Å². The first-order valence-corrected chi connectivity index (χ1v) is 7.58. The van der Waals surface area contributed by atoms with Crippen molar-refractivity contribution in [3.05, 3.63) is 34.3 Å². The molecule has 0 bridgehead atoms. The molecular formula is C16H25ClN2O. The average molecular weight is 297 g/mol. The third-order valence-electron chi connectivity index (χ3n) is 3.84. The van der Waals surface area contributed by atoms with Gasteiger partial charge in [0.15, 0.2) is 0 Å². The highest BCUT2D eigenvalue weighted by Gasteiger charge is 2.34. The Balaban J connectivity index is 2.25. The molecule has 3 nitrogen and oxygen atoms in total. The Morgan fingerprint density at radius 2 is 2.20 bits per heavy atom. The molecule has 1 saturated heterocycles. The zero-order chi connectivity index (χ0) is 14.9. The van der Waals surface area contributed by atoms with Crippen molar-refractivity contribution in [2.45, 2.75) is 45.4 Å². The molecule has 20 heavy (non-hydrogen) atoms. The highest BCUT2D eigenvalue weighted by atomic mass is 35.5. The second-order valence-corrected chi connectivity index (χ2v) is 6.78. The first-order chi connectivity index (χ1) is 9.32. The number of aryl methyl sites for hydroxylation is 1. The molecule has 1 fully saturated rings. The lowest BCUT2D eigenvalue weighted by molar-refractivity contribution is -0.137. The number of nitrogens with two attached hydrogens (primary N) is 1. The summed E-state index contributed by atoms with van der Waals surface area (Å²) in [6, 6.07) is 6.43. The molecule has 1 aromatic rings. The van der Waals surface area contributed by atoms with Gasteiger partial charge in [-0.1, -0.05) is 23.7 Å². The van der Waals surface area contributed by atoms with E-state index in [1.807, 2.05) is 13.0 Å². The fourth-order valence-electron chi connectivity index (χ4n) is 3.05. The van der Waals surface area contributed by atoms with Crippen LogP contribution in [0.2, 0.25) is 5.02 Å². The molecule has 2 atom stereocenters. The van der Waals surface area contributed by atoms with Crippen molar-refractivity contribution in [1.82, 2.24) is 4.90 Å². The van der Waals surface area contributed by atoms with Crippen LogP contribution in [0.15, 0.2) is 18.2 Å². The molecule has 0 spiro atoms. The summed E-state index contributed by atoms with van der Waals surface area (Å²) in [7, 11) is 0. The van der Waals surface area contributed by atoms with Crippen molar-refractivity contribution < 1.29 is 4.74 Å². The number of halogens is 1. The predicted octanol–water partition coefficient (Wildman–Crippen LogP) is 3.15. The quantitative estimate of drug-likeness (QED) is 0.931. The van der Waals surface area contributed by atoms with Crippen LogP contribution in [-0.4, -0.2) is 36.2 Å². The third-order valence-corrected chi connectivity index (χ3v) is 4.25. The summed E-state index contributed by atoms with van der Waals surface area (Å²) in [6.45, 7) is 10.8. The van der Waals surface area contributed by atoms with Gasteiger partial charge in [0.2, 0.25) is 0 Å². The minimum Gasteiger partial charge on any atom is -0.370 e. The van der Waals surface area contributed by atoms with E-state index in [9.17, 15) is 0 Å². The average Bonchev–Trinajstić information content (AvgIpc) is 2.32. The number of rotatable bonds is 3. The first-order valence-electron chi connectivity index (χ1n) is 7.20. The number of morpholine rings is 1. The molecule has 1 heterocycles. The van der Waals surface area contributed by atoms with E-state index in [-0.39, 0.29) is 17.7 Å². The Bertz CT molecular complexity index is 476. The van der Waals surface area contributed by atoms with Crippen molar-refractivity contribution in [3.8, 4) is 0 Å². The molecule has 0 aromatic heterocycles. The zero-order valence-electron chi connectivity index (χ0n) is 12.8. The van der Waals surface area contributed by atoms with E-state index in [4.69, 9.17) is 22.1 Å². The maximum absolute atomic E-state index is 6.25. The van der Waals surface area contributed by atoms with Crippen LogP contribution in [0.25, 0.3) is 0 Å². The molecule has 4 heteroatoms. The fourth-order valence-corrected chi connectivity index (χ4v) is 3.24. The summed E-state index contributed by atoms with van der Waals surface area (Å²) in [6.07, 6.45) is 0.216. The minimum absolute atomic E-state index is 0.139. The van der Waals surface area contributed by atoms with Crippen molar-refractivity contribution in [1.29, 1.82) is 0 Å². The van der Waals surface area contributed by atoms with E-state index < -0.39 is 0 Å². The minimum atomic E-state index is -0.139. The normalized spacial score (nSPS) is 24.6. The van der Waals surface area contributed by atoms with Crippen molar-refractivity contribution in [3.63, 3.8) is 0 Å². The topological polar surface area (TPSA) is 38.5 Å². The van der Waals surface area contributed by atoms with Crippen LogP contribution in [0.4, 0.5) is 0 Å². The van der Waals surface area contributed by atoms with Gasteiger partial charge in [0.05, 0.1) is 11.7 Å². The Morgan fingerprint density at radius 1 is 1.50 bits per heavy atom. The molecule has 0 aliphatic carbocycles. The molecule has 112 valence electrons. The van der Waals surface area contributed by atoms with Gasteiger partial charge >= 0.3 is 0 Å². The summed E-state index contributed by atoms with van der Waals surface area (Å²) in [4.78, 5) is 2.41. The lowest BCUT2D eigenvalue weighted by Gasteiger charge is -2.45. The molecule has 1 aromatic carbocycles. The molecular weight excluding hydrogens is 272 g/mol. The van der Waals surface area contributed by atoms with Crippen molar-refractivity contribution >= 4 is 11.6 Å². The van der Waals surface area contributed by atoms with E-state index in [1.165, 1.54) is 5.56 Å². The van der Waals surface area contributed by atoms with E-state index >= 15 is 0 Å². The molecule has 0 amide bonds. The number of benzene rings is 1. The largest absolute Gasteiger partial charge is 0.370 e. The van der Waals surface area contributed by atoms with Gasteiger partial charge in [-0.3, -0.25) is 4.90 Å². The summed E-state index contributed by atoms with van der Waals surface area (Å²) < 4.78 is 5.97. The van der Waals surface area contributed by atoms with E-state index in [1.54, 1.807) is 0 Å². The molecule has 2 N–H and O–H groups in total. The van der Waals surface area contributed by atoms with Crippen molar-refractivity contribution in [2.75, 3.05) is 19.6 Å². The molecule has 0 radical (unpaired) electrons. The third kappa shape index (κ3) is 3.53. The molecule has 2 unspecified atom stereocenters. The molecule has 0 saturated carbocycles. The van der Waals surface area contributed by atoms with Gasteiger partial charge in [0.25, 0.3) is 0 Å². The SMILES string of the molecule is Cc1ccc(C(CN)N2CC(C)OC(C)(C)C2)cc1Cl. The zero-order valence-corrected chi connectivity index (χ0v) is 13.6. The Hall–Kier alpha value is -0.610. The fraction of sp³-hybridized carbons (Fsp3) is 0.625. The second kappa shape index (κ2) is 6.02. The smallest absolute Gasteiger partial charge is 0.0757 e. The van der Waals surface area contributed by atoms with Crippen LogP contribution in [0.1, 0.15) is 37.9 Å². The summed E-state index contributed by atoms with van der Waals surface area (Å²) in [5.41, 5.74) is 8.18. The summed E-state index contributed by atoms with van der Waals surface area (Å²) >= 11 is 6.25. The van der Waals surface area contributed by atoms with Crippen LogP contribution >= 0.6 is 11.6 Å². The van der Waals surface area contributed by atoms with Crippen LogP contribution in [-0.2, 0) is 4.74 Å². The highest BCUT2D eigenvalue weighted by molar-refractivity contribution is 6.31. The van der Waals surface area contributed by atoms with Gasteiger partial charge in [-0.2, -0.15) is 0 Å². The molecule has 1 aliphatic rings. The lowest BCUT2D eigenvalue weighted by atomic mass is 9.98. The van der Waals surface area contributed by atoms with Gasteiger partial charge in [-0.25, -0.2) is 0 Å². The van der Waals surface area contributed by atoms with Crippen LogP contribution < -0.4 is 5.73 Å². The van der Waals surface area contributed by atoms with Gasteiger partial charge in [0, 0.05) is 30.7 Å². The van der Waals surface area contributed by atoms with E-state index in [2.05, 4.69) is 37.8 Å². The Kier molecular flexibility index (Phi) is 4.75. The number of ether oxygens (including phenoxy) is 1. The van der Waals surface area contributed by atoms with Crippen LogP contribution in [0, 0.1) is 6.92 Å². The number of nitrogens with zero attached hydrogens (tertiary/aromatic N) is 1. The standard InChI is InChI=1S/C16H25ClN2O/c1-11-5-6-13(7-14(11)17)15(8-18)19-9-12(2)20-16(3,4)10-19/h5-7,12,15H,8-10,18H2,1-4H3. The summed E-state index contributed by atoms with van der Waals surface area (Å²) in [5, 5.41) is 0.807. The van der Waals surface area contributed by atoms with Crippen LogP contribution in [0.3, 0.4) is 0 Å². The monoisotopic (exact) mass is 296 g/mol.